The van der Waals surface area contributed by atoms with E-state index in [1.165, 1.54) is 16.9 Å². The molecule has 0 spiro atoms. The van der Waals surface area contributed by atoms with E-state index >= 15 is 0 Å². The molecule has 4 nitrogen and oxygen atoms in total. The van der Waals surface area contributed by atoms with Crippen LogP contribution in [-0.4, -0.2) is 23.0 Å². The number of carbonyl (C=O) groups is 2. The fourth-order valence-electron chi connectivity index (χ4n) is 3.55. The zero-order valence-corrected chi connectivity index (χ0v) is 17.7. The summed E-state index contributed by atoms with van der Waals surface area (Å²) in [7, 11) is 0. The molecule has 1 aliphatic rings. The second-order valence-electron chi connectivity index (χ2n) is 8.76. The Balaban J connectivity index is 2.49. The Morgan fingerprint density at radius 1 is 1.31 bits per heavy atom. The van der Waals surface area contributed by atoms with Crippen molar-refractivity contribution in [2.24, 2.45) is 11.8 Å². The van der Waals surface area contributed by atoms with Gasteiger partial charge in [0, 0.05) is 16.8 Å². The summed E-state index contributed by atoms with van der Waals surface area (Å²) < 4.78 is 0. The fraction of sp³-hybridized carbons (Fsp3) is 0.619. The monoisotopic (exact) mass is 377 g/mol. The first-order chi connectivity index (χ1) is 11.9. The van der Waals surface area contributed by atoms with Crippen LogP contribution in [0.15, 0.2) is 17.7 Å². The van der Waals surface area contributed by atoms with Gasteiger partial charge in [0.05, 0.1) is 5.69 Å². The van der Waals surface area contributed by atoms with E-state index in [0.29, 0.717) is 5.69 Å². The molecule has 0 fully saturated rings. The van der Waals surface area contributed by atoms with Gasteiger partial charge >= 0.3 is 5.97 Å². The molecule has 144 valence electrons. The van der Waals surface area contributed by atoms with Crippen LogP contribution in [0, 0.1) is 11.8 Å². The summed E-state index contributed by atoms with van der Waals surface area (Å²) >= 11 is 1.28. The number of carboxylic acid groups (broad SMARTS) is 1. The van der Waals surface area contributed by atoms with E-state index in [1.807, 2.05) is 19.9 Å². The number of carboxylic acids is 1. The maximum atomic E-state index is 13.4. The molecule has 1 aromatic rings. The number of aromatic carboxylic acids is 1. The van der Waals surface area contributed by atoms with Crippen LogP contribution in [0.25, 0.3) is 0 Å². The predicted octanol–water partition coefficient (Wildman–Crippen LogP) is 5.48. The van der Waals surface area contributed by atoms with E-state index in [1.54, 1.807) is 4.90 Å². The molecule has 26 heavy (non-hydrogen) atoms. The van der Waals surface area contributed by atoms with Crippen LogP contribution < -0.4 is 4.90 Å². The maximum Gasteiger partial charge on any atom is 0.348 e. The Morgan fingerprint density at radius 2 is 1.92 bits per heavy atom. The van der Waals surface area contributed by atoms with Gasteiger partial charge in [-0.15, -0.1) is 11.3 Å². The summed E-state index contributed by atoms with van der Waals surface area (Å²) in [6.45, 7) is 14.3. The lowest BCUT2D eigenvalue weighted by Crippen LogP contribution is -2.44. The maximum absolute atomic E-state index is 13.4. The average Bonchev–Trinajstić information content (AvgIpc) is 2.91. The minimum Gasteiger partial charge on any atom is -0.477 e. The summed E-state index contributed by atoms with van der Waals surface area (Å²) in [5, 5.41) is 9.72. The second kappa shape index (κ2) is 7.55. The van der Waals surface area contributed by atoms with Crippen molar-refractivity contribution < 1.29 is 14.7 Å². The molecule has 2 atom stereocenters. The van der Waals surface area contributed by atoms with Gasteiger partial charge in [0.15, 0.2) is 0 Å². The van der Waals surface area contributed by atoms with E-state index in [0.717, 1.165) is 17.7 Å². The molecule has 0 aliphatic heterocycles. The van der Waals surface area contributed by atoms with E-state index in [-0.39, 0.29) is 34.1 Å². The minimum absolute atomic E-state index is 0.0389. The van der Waals surface area contributed by atoms with Crippen molar-refractivity contribution >= 4 is 28.9 Å². The van der Waals surface area contributed by atoms with Crippen LogP contribution in [0.2, 0.25) is 0 Å². The molecule has 1 heterocycles. The number of hydrogen-bond acceptors (Lipinski definition) is 3. The fourth-order valence-corrected chi connectivity index (χ4v) is 4.60. The van der Waals surface area contributed by atoms with Crippen molar-refractivity contribution in [3.05, 3.63) is 27.5 Å². The smallest absolute Gasteiger partial charge is 0.348 e. The molecule has 0 aromatic carbocycles. The highest BCUT2D eigenvalue weighted by Gasteiger charge is 2.35. The Bertz CT molecular complexity index is 724. The summed E-state index contributed by atoms with van der Waals surface area (Å²) in [6, 6.07) is 1.81. The number of rotatable bonds is 4. The SMILES string of the molecule is CC1=CC[C@@H](C(=O)N(c2cc(C(C)(C)C)sc2C(=O)O)C(C)C)[C@H](C)C1. The Labute approximate surface area is 160 Å². The lowest BCUT2D eigenvalue weighted by molar-refractivity contribution is -0.124. The molecule has 5 heteroatoms. The van der Waals surface area contributed by atoms with Gasteiger partial charge in [0.2, 0.25) is 5.91 Å². The third kappa shape index (κ3) is 4.20. The van der Waals surface area contributed by atoms with Gasteiger partial charge < -0.3 is 10.0 Å². The Hall–Kier alpha value is -1.62. The molecular formula is C21H31NO3S. The van der Waals surface area contributed by atoms with Crippen LogP contribution in [0.4, 0.5) is 5.69 Å². The Kier molecular flexibility index (Phi) is 6.01. The lowest BCUT2D eigenvalue weighted by Gasteiger charge is -2.34. The molecule has 0 saturated heterocycles. The van der Waals surface area contributed by atoms with Gasteiger partial charge in [-0.3, -0.25) is 4.79 Å². The van der Waals surface area contributed by atoms with Crippen LogP contribution in [0.5, 0.6) is 0 Å². The molecule has 1 aliphatic carbocycles. The van der Waals surface area contributed by atoms with Crippen molar-refractivity contribution in [2.75, 3.05) is 4.90 Å². The van der Waals surface area contributed by atoms with Gasteiger partial charge in [-0.25, -0.2) is 4.79 Å². The van der Waals surface area contributed by atoms with Crippen molar-refractivity contribution in [1.82, 2.24) is 0 Å². The first-order valence-corrected chi connectivity index (χ1v) is 10.1. The number of thiophene rings is 1. The highest BCUT2D eigenvalue weighted by atomic mass is 32.1. The van der Waals surface area contributed by atoms with Crippen LogP contribution in [0.3, 0.4) is 0 Å². The van der Waals surface area contributed by atoms with E-state index in [2.05, 4.69) is 40.7 Å². The summed E-state index contributed by atoms with van der Waals surface area (Å²) in [5.41, 5.74) is 1.72. The first kappa shape index (κ1) is 20.7. The quantitative estimate of drug-likeness (QED) is 0.707. The number of allylic oxidation sites excluding steroid dienone is 2. The van der Waals surface area contributed by atoms with Crippen molar-refractivity contribution in [2.45, 2.75) is 72.8 Å². The van der Waals surface area contributed by atoms with E-state index < -0.39 is 5.97 Å². The van der Waals surface area contributed by atoms with Gasteiger partial charge in [0.25, 0.3) is 0 Å². The molecule has 1 amide bonds. The first-order valence-electron chi connectivity index (χ1n) is 9.29. The third-order valence-electron chi connectivity index (χ3n) is 5.03. The topological polar surface area (TPSA) is 57.6 Å². The normalized spacial score (nSPS) is 20.8. The van der Waals surface area contributed by atoms with Crippen molar-refractivity contribution in [1.29, 1.82) is 0 Å². The number of hydrogen-bond donors (Lipinski definition) is 1. The zero-order valence-electron chi connectivity index (χ0n) is 16.9. The highest BCUT2D eigenvalue weighted by molar-refractivity contribution is 7.14. The molecule has 1 aromatic heterocycles. The molecule has 0 bridgehead atoms. The molecule has 2 rings (SSSR count). The highest BCUT2D eigenvalue weighted by Crippen LogP contribution is 2.40. The van der Waals surface area contributed by atoms with Crippen LogP contribution >= 0.6 is 11.3 Å². The summed E-state index contributed by atoms with van der Waals surface area (Å²) in [6.07, 6.45) is 3.80. The molecular weight excluding hydrogens is 346 g/mol. The molecule has 0 saturated carbocycles. The van der Waals surface area contributed by atoms with Gasteiger partial charge in [-0.1, -0.05) is 39.3 Å². The van der Waals surface area contributed by atoms with Gasteiger partial charge in [-0.05, 0) is 51.0 Å². The van der Waals surface area contributed by atoms with Crippen LogP contribution in [-0.2, 0) is 10.2 Å². The molecule has 1 N–H and O–H groups in total. The largest absolute Gasteiger partial charge is 0.477 e. The Morgan fingerprint density at radius 3 is 2.38 bits per heavy atom. The molecule has 0 unspecified atom stereocenters. The number of nitrogens with zero attached hydrogens (tertiary/aromatic N) is 1. The molecule has 0 radical (unpaired) electrons. The number of carbonyl (C=O) groups excluding carboxylic acids is 1. The third-order valence-corrected chi connectivity index (χ3v) is 6.57. The van der Waals surface area contributed by atoms with Gasteiger partial charge in [-0.2, -0.15) is 0 Å². The average molecular weight is 378 g/mol. The zero-order chi connectivity index (χ0) is 19.8. The van der Waals surface area contributed by atoms with E-state index in [4.69, 9.17) is 0 Å². The van der Waals surface area contributed by atoms with Crippen molar-refractivity contribution in [3.8, 4) is 0 Å². The lowest BCUT2D eigenvalue weighted by atomic mass is 9.80. The van der Waals surface area contributed by atoms with Crippen molar-refractivity contribution in [3.63, 3.8) is 0 Å². The number of amides is 1. The second-order valence-corrected chi connectivity index (χ2v) is 9.81. The standard InChI is InChI=1S/C21H31NO3S/c1-12(2)22(19(23)15-9-8-13(3)10-14(15)4)16-11-17(21(5,6)7)26-18(16)20(24)25/h8,11-12,14-15H,9-10H2,1-7H3,(H,24,25)/t14-,15-/m1/s1. The minimum atomic E-state index is -0.966. The van der Waals surface area contributed by atoms with Gasteiger partial charge in [0.1, 0.15) is 4.88 Å². The number of anilines is 1. The van der Waals surface area contributed by atoms with Crippen LogP contribution in [0.1, 0.15) is 75.9 Å². The predicted molar refractivity (Wildman–Crippen MR) is 108 cm³/mol. The summed E-state index contributed by atoms with van der Waals surface area (Å²) in [4.78, 5) is 28.2. The van der Waals surface area contributed by atoms with E-state index in [9.17, 15) is 14.7 Å². The summed E-state index contributed by atoms with van der Waals surface area (Å²) in [5.74, 6) is -0.758.